The Morgan fingerprint density at radius 1 is 1.07 bits per heavy atom. The van der Waals surface area contributed by atoms with Gasteiger partial charge in [0.2, 0.25) is 11.0 Å². The molecule has 2 heterocycles. The molecule has 3 aromatic rings. The zero-order valence-corrected chi connectivity index (χ0v) is 16.7. The Labute approximate surface area is 167 Å². The van der Waals surface area contributed by atoms with Crippen LogP contribution in [0.1, 0.15) is 0 Å². The number of carbonyl (C=O) groups excluding carboxylic acids is 1. The van der Waals surface area contributed by atoms with E-state index in [9.17, 15) is 13.2 Å². The molecule has 146 valence electrons. The number of sulfonamides is 1. The summed E-state index contributed by atoms with van der Waals surface area (Å²) in [4.78, 5) is 19.0. The van der Waals surface area contributed by atoms with Crippen LogP contribution >= 0.6 is 11.3 Å². The third-order valence-corrected chi connectivity index (χ3v) is 7.39. The maximum Gasteiger partial charge on any atom is 0.266 e. The van der Waals surface area contributed by atoms with Crippen LogP contribution in [0.25, 0.3) is 10.2 Å². The Bertz CT molecular complexity index is 1040. The van der Waals surface area contributed by atoms with Crippen LogP contribution in [0.15, 0.2) is 59.5 Å². The monoisotopic (exact) mass is 417 g/mol. The van der Waals surface area contributed by atoms with Crippen molar-refractivity contribution < 1.29 is 17.9 Å². The van der Waals surface area contributed by atoms with E-state index in [-0.39, 0.29) is 22.5 Å². The van der Waals surface area contributed by atoms with E-state index < -0.39 is 10.0 Å². The van der Waals surface area contributed by atoms with Gasteiger partial charge in [0.05, 0.1) is 28.3 Å². The molecule has 0 radical (unpaired) electrons. The van der Waals surface area contributed by atoms with Gasteiger partial charge >= 0.3 is 0 Å². The standard InChI is InChI=1S/C19H19N3O4S2/c23-18(21-10-12-26-13-11-21)14-22(28(24,25)15-6-2-1-3-7-15)19-20-16-8-4-5-9-17(16)27-19/h1-9H,10-14H2. The molecular weight excluding hydrogens is 398 g/mol. The highest BCUT2D eigenvalue weighted by Crippen LogP contribution is 2.32. The van der Waals surface area contributed by atoms with Crippen LogP contribution in [-0.2, 0) is 19.6 Å². The summed E-state index contributed by atoms with van der Waals surface area (Å²) in [5.41, 5.74) is 0.703. The number of rotatable bonds is 5. The summed E-state index contributed by atoms with van der Waals surface area (Å²) in [6, 6.07) is 15.5. The predicted octanol–water partition coefficient (Wildman–Crippen LogP) is 2.35. The molecule has 9 heteroatoms. The number of nitrogens with zero attached hydrogens (tertiary/aromatic N) is 3. The van der Waals surface area contributed by atoms with Crippen LogP contribution in [0.5, 0.6) is 0 Å². The summed E-state index contributed by atoms with van der Waals surface area (Å²) in [7, 11) is -3.93. The summed E-state index contributed by atoms with van der Waals surface area (Å²) in [5.74, 6) is -0.262. The number of hydrogen-bond donors (Lipinski definition) is 0. The number of amides is 1. The minimum Gasteiger partial charge on any atom is -0.378 e. The van der Waals surface area contributed by atoms with Crippen molar-refractivity contribution >= 4 is 42.6 Å². The molecule has 0 aliphatic carbocycles. The highest BCUT2D eigenvalue weighted by molar-refractivity contribution is 7.93. The van der Waals surface area contributed by atoms with Gasteiger partial charge in [-0.3, -0.25) is 4.79 Å². The second-order valence-electron chi connectivity index (χ2n) is 6.28. The lowest BCUT2D eigenvalue weighted by atomic mass is 10.3. The zero-order valence-electron chi connectivity index (χ0n) is 15.0. The molecule has 0 atom stereocenters. The van der Waals surface area contributed by atoms with E-state index in [1.54, 1.807) is 23.1 Å². The number of morpholine rings is 1. The predicted molar refractivity (Wildman–Crippen MR) is 108 cm³/mol. The van der Waals surface area contributed by atoms with Crippen LogP contribution in [0.3, 0.4) is 0 Å². The van der Waals surface area contributed by atoms with Gasteiger partial charge in [0, 0.05) is 13.1 Å². The first-order valence-electron chi connectivity index (χ1n) is 8.84. The smallest absolute Gasteiger partial charge is 0.266 e. The highest BCUT2D eigenvalue weighted by Gasteiger charge is 2.31. The molecule has 0 spiro atoms. The summed E-state index contributed by atoms with van der Waals surface area (Å²) >= 11 is 1.26. The molecule has 1 aliphatic rings. The van der Waals surface area contributed by atoms with E-state index in [2.05, 4.69) is 4.98 Å². The first-order valence-corrected chi connectivity index (χ1v) is 11.1. The second-order valence-corrected chi connectivity index (χ2v) is 9.15. The average Bonchev–Trinajstić information content (AvgIpc) is 3.16. The van der Waals surface area contributed by atoms with E-state index in [0.29, 0.717) is 31.8 Å². The van der Waals surface area contributed by atoms with Gasteiger partial charge in [0.25, 0.3) is 10.0 Å². The van der Waals surface area contributed by atoms with E-state index in [1.165, 1.54) is 23.5 Å². The molecule has 4 rings (SSSR count). The van der Waals surface area contributed by atoms with Gasteiger partial charge in [-0.2, -0.15) is 0 Å². The number of fused-ring (bicyclic) bond motifs is 1. The lowest BCUT2D eigenvalue weighted by Crippen LogP contribution is -2.47. The fourth-order valence-corrected chi connectivity index (χ4v) is 5.54. The largest absolute Gasteiger partial charge is 0.378 e. The Morgan fingerprint density at radius 3 is 2.46 bits per heavy atom. The highest BCUT2D eigenvalue weighted by atomic mass is 32.2. The van der Waals surface area contributed by atoms with E-state index in [0.717, 1.165) is 9.01 Å². The first kappa shape index (κ1) is 18.9. The van der Waals surface area contributed by atoms with Crippen molar-refractivity contribution in [1.82, 2.24) is 9.88 Å². The zero-order chi connectivity index (χ0) is 19.6. The van der Waals surface area contributed by atoms with Gasteiger partial charge in [-0.1, -0.05) is 41.7 Å². The average molecular weight is 418 g/mol. The number of para-hydroxylation sites is 1. The summed E-state index contributed by atoms with van der Waals surface area (Å²) in [6.45, 7) is 1.53. The molecule has 28 heavy (non-hydrogen) atoms. The van der Waals surface area contributed by atoms with Crippen molar-refractivity contribution in [2.45, 2.75) is 4.90 Å². The lowest BCUT2D eigenvalue weighted by Gasteiger charge is -2.29. The normalized spacial score (nSPS) is 14.9. The van der Waals surface area contributed by atoms with E-state index in [1.807, 2.05) is 24.3 Å². The maximum absolute atomic E-state index is 13.3. The molecule has 1 aliphatic heterocycles. The number of ether oxygens (including phenoxy) is 1. The lowest BCUT2D eigenvalue weighted by molar-refractivity contribution is -0.133. The SMILES string of the molecule is O=C(CN(c1nc2ccccc2s1)S(=O)(=O)c1ccccc1)N1CCOCC1. The van der Waals surface area contributed by atoms with Crippen LogP contribution < -0.4 is 4.31 Å². The van der Waals surface area contributed by atoms with Gasteiger partial charge in [-0.15, -0.1) is 0 Å². The molecule has 1 aromatic heterocycles. The number of thiazole rings is 1. The van der Waals surface area contributed by atoms with Gasteiger partial charge in [-0.05, 0) is 24.3 Å². The second kappa shape index (κ2) is 7.86. The molecule has 0 N–H and O–H groups in total. The Balaban J connectivity index is 1.73. The van der Waals surface area contributed by atoms with Crippen molar-refractivity contribution in [3.05, 3.63) is 54.6 Å². The third kappa shape index (κ3) is 3.73. The first-order chi connectivity index (χ1) is 13.6. The van der Waals surface area contributed by atoms with Crippen molar-refractivity contribution in [2.75, 3.05) is 37.2 Å². The molecule has 0 bridgehead atoms. The number of hydrogen-bond acceptors (Lipinski definition) is 6. The molecule has 0 unspecified atom stereocenters. The van der Waals surface area contributed by atoms with Crippen LogP contribution in [0, 0.1) is 0 Å². The van der Waals surface area contributed by atoms with Crippen LogP contribution in [0.4, 0.5) is 5.13 Å². The van der Waals surface area contributed by atoms with Crippen molar-refractivity contribution in [2.24, 2.45) is 0 Å². The van der Waals surface area contributed by atoms with Gasteiger partial charge in [0.15, 0.2) is 0 Å². The molecule has 0 saturated carbocycles. The molecule has 1 amide bonds. The van der Waals surface area contributed by atoms with Crippen LogP contribution in [-0.4, -0.2) is 57.1 Å². The summed E-state index contributed by atoms with van der Waals surface area (Å²) in [5, 5.41) is 0.284. The summed E-state index contributed by atoms with van der Waals surface area (Å²) < 4.78 is 33.9. The fourth-order valence-electron chi connectivity index (χ4n) is 2.98. The Morgan fingerprint density at radius 2 is 1.75 bits per heavy atom. The quantitative estimate of drug-likeness (QED) is 0.637. The minimum absolute atomic E-state index is 0.129. The Kier molecular flexibility index (Phi) is 5.29. The van der Waals surface area contributed by atoms with Gasteiger partial charge in [-0.25, -0.2) is 17.7 Å². The molecular formula is C19H19N3O4S2. The summed E-state index contributed by atoms with van der Waals surface area (Å²) in [6.07, 6.45) is 0. The fraction of sp³-hybridized carbons (Fsp3) is 0.263. The van der Waals surface area contributed by atoms with E-state index >= 15 is 0 Å². The third-order valence-electron chi connectivity index (χ3n) is 4.47. The van der Waals surface area contributed by atoms with Crippen molar-refractivity contribution in [3.63, 3.8) is 0 Å². The molecule has 7 nitrogen and oxygen atoms in total. The topological polar surface area (TPSA) is 79.8 Å². The van der Waals surface area contributed by atoms with Gasteiger partial charge in [0.1, 0.15) is 6.54 Å². The number of anilines is 1. The molecule has 1 saturated heterocycles. The number of carbonyl (C=O) groups is 1. The van der Waals surface area contributed by atoms with Crippen molar-refractivity contribution in [3.8, 4) is 0 Å². The van der Waals surface area contributed by atoms with Gasteiger partial charge < -0.3 is 9.64 Å². The number of benzene rings is 2. The van der Waals surface area contributed by atoms with Crippen molar-refractivity contribution in [1.29, 1.82) is 0 Å². The Hall–Kier alpha value is -2.49. The molecule has 2 aromatic carbocycles. The maximum atomic E-state index is 13.3. The number of aromatic nitrogens is 1. The van der Waals surface area contributed by atoms with Crippen LogP contribution in [0.2, 0.25) is 0 Å². The minimum atomic E-state index is -3.93. The van der Waals surface area contributed by atoms with E-state index in [4.69, 9.17) is 4.74 Å². The molecule has 1 fully saturated rings.